The fourth-order valence-electron chi connectivity index (χ4n) is 1.82. The van der Waals surface area contributed by atoms with Crippen LogP contribution in [-0.2, 0) is 0 Å². The molecule has 82 valence electrons. The third-order valence-electron chi connectivity index (χ3n) is 2.89. The molecule has 15 heavy (non-hydrogen) atoms. The van der Waals surface area contributed by atoms with Crippen LogP contribution in [0.3, 0.4) is 0 Å². The molecule has 1 aromatic heterocycles. The molecule has 1 amide bonds. The number of furan rings is 1. The Labute approximate surface area is 97.6 Å². The minimum atomic E-state index is 0.0800. The monoisotopic (exact) mass is 271 g/mol. The van der Waals surface area contributed by atoms with Crippen molar-refractivity contribution in [1.82, 2.24) is 4.90 Å². The number of likely N-dealkylation sites (tertiary alicyclic amines) is 1. The maximum atomic E-state index is 12.0. The highest BCUT2D eigenvalue weighted by atomic mass is 79.9. The van der Waals surface area contributed by atoms with Gasteiger partial charge in [-0.15, -0.1) is 0 Å². The molecular formula is C11H14BrNO2. The van der Waals surface area contributed by atoms with Crippen LogP contribution in [-0.4, -0.2) is 23.9 Å². The highest BCUT2D eigenvalue weighted by molar-refractivity contribution is 9.10. The molecule has 0 aliphatic carbocycles. The molecule has 0 saturated carbocycles. The van der Waals surface area contributed by atoms with Crippen LogP contribution >= 0.6 is 15.9 Å². The largest absolute Gasteiger partial charge is 0.457 e. The predicted octanol–water partition coefficient (Wildman–Crippen LogP) is 2.91. The SMILES string of the molecule is CC1CCN(C(=O)c2coc(Br)c2)CC1. The minimum Gasteiger partial charge on any atom is -0.457 e. The second-order valence-electron chi connectivity index (χ2n) is 4.11. The van der Waals surface area contributed by atoms with Crippen LogP contribution in [0.15, 0.2) is 21.4 Å². The first-order valence-electron chi connectivity index (χ1n) is 5.20. The molecule has 4 heteroatoms. The number of hydrogen-bond acceptors (Lipinski definition) is 2. The number of hydrogen-bond donors (Lipinski definition) is 0. The molecule has 0 bridgehead atoms. The normalized spacial score (nSPS) is 18.1. The topological polar surface area (TPSA) is 33.5 Å². The van der Waals surface area contributed by atoms with E-state index in [1.54, 1.807) is 6.07 Å². The van der Waals surface area contributed by atoms with Crippen LogP contribution in [0.4, 0.5) is 0 Å². The Kier molecular flexibility index (Phi) is 3.14. The maximum absolute atomic E-state index is 12.0. The summed E-state index contributed by atoms with van der Waals surface area (Å²) < 4.78 is 5.67. The molecule has 1 saturated heterocycles. The lowest BCUT2D eigenvalue weighted by atomic mass is 9.99. The van der Waals surface area contributed by atoms with Gasteiger partial charge >= 0.3 is 0 Å². The molecule has 1 aromatic rings. The van der Waals surface area contributed by atoms with Crippen molar-refractivity contribution < 1.29 is 9.21 Å². The summed E-state index contributed by atoms with van der Waals surface area (Å²) in [7, 11) is 0. The standard InChI is InChI=1S/C11H14BrNO2/c1-8-2-4-13(5-3-8)11(14)9-6-10(12)15-7-9/h6-8H,2-5H2,1H3. The molecule has 0 radical (unpaired) electrons. The van der Waals surface area contributed by atoms with E-state index >= 15 is 0 Å². The molecule has 0 spiro atoms. The molecular weight excluding hydrogens is 258 g/mol. The lowest BCUT2D eigenvalue weighted by Crippen LogP contribution is -2.37. The first-order chi connectivity index (χ1) is 7.16. The van der Waals surface area contributed by atoms with Crippen molar-refractivity contribution in [3.05, 3.63) is 22.6 Å². The van der Waals surface area contributed by atoms with E-state index in [2.05, 4.69) is 22.9 Å². The summed E-state index contributed by atoms with van der Waals surface area (Å²) in [6, 6.07) is 1.72. The van der Waals surface area contributed by atoms with Gasteiger partial charge in [0.25, 0.3) is 5.91 Å². The number of piperidine rings is 1. The summed E-state index contributed by atoms with van der Waals surface area (Å²) in [6.07, 6.45) is 3.71. The van der Waals surface area contributed by atoms with Gasteiger partial charge in [-0.1, -0.05) is 6.92 Å². The van der Waals surface area contributed by atoms with E-state index in [1.165, 1.54) is 6.26 Å². The third-order valence-corrected chi connectivity index (χ3v) is 3.30. The lowest BCUT2D eigenvalue weighted by Gasteiger charge is -2.29. The van der Waals surface area contributed by atoms with Crippen LogP contribution in [0.2, 0.25) is 0 Å². The number of nitrogens with zero attached hydrogens (tertiary/aromatic N) is 1. The zero-order valence-electron chi connectivity index (χ0n) is 8.70. The smallest absolute Gasteiger partial charge is 0.257 e. The van der Waals surface area contributed by atoms with Crippen LogP contribution in [0, 0.1) is 5.92 Å². The van der Waals surface area contributed by atoms with Gasteiger partial charge in [0.1, 0.15) is 6.26 Å². The maximum Gasteiger partial charge on any atom is 0.257 e. The van der Waals surface area contributed by atoms with E-state index < -0.39 is 0 Å². The summed E-state index contributed by atoms with van der Waals surface area (Å²) in [4.78, 5) is 13.9. The summed E-state index contributed by atoms with van der Waals surface area (Å²) in [5.74, 6) is 0.821. The summed E-state index contributed by atoms with van der Waals surface area (Å²) >= 11 is 3.20. The predicted molar refractivity (Wildman–Crippen MR) is 60.7 cm³/mol. The average molecular weight is 272 g/mol. The zero-order valence-corrected chi connectivity index (χ0v) is 10.3. The molecule has 3 nitrogen and oxygen atoms in total. The second-order valence-corrected chi connectivity index (χ2v) is 4.90. The first kappa shape index (κ1) is 10.7. The minimum absolute atomic E-state index is 0.0800. The van der Waals surface area contributed by atoms with Gasteiger partial charge in [-0.3, -0.25) is 4.79 Å². The van der Waals surface area contributed by atoms with E-state index in [0.29, 0.717) is 10.2 Å². The highest BCUT2D eigenvalue weighted by Gasteiger charge is 2.22. The van der Waals surface area contributed by atoms with Crippen molar-refractivity contribution in [3.8, 4) is 0 Å². The molecule has 0 unspecified atom stereocenters. The number of rotatable bonds is 1. The highest BCUT2D eigenvalue weighted by Crippen LogP contribution is 2.20. The van der Waals surface area contributed by atoms with Crippen molar-refractivity contribution in [2.75, 3.05) is 13.1 Å². The van der Waals surface area contributed by atoms with Crippen LogP contribution in [0.5, 0.6) is 0 Å². The zero-order chi connectivity index (χ0) is 10.8. The number of amides is 1. The molecule has 2 heterocycles. The first-order valence-corrected chi connectivity index (χ1v) is 5.99. The Morgan fingerprint density at radius 3 is 2.73 bits per heavy atom. The Balaban J connectivity index is 2.02. The summed E-state index contributed by atoms with van der Waals surface area (Å²) in [5, 5.41) is 0. The fraction of sp³-hybridized carbons (Fsp3) is 0.545. The van der Waals surface area contributed by atoms with Crippen molar-refractivity contribution in [2.45, 2.75) is 19.8 Å². The Hall–Kier alpha value is -0.770. The van der Waals surface area contributed by atoms with Gasteiger partial charge in [0.05, 0.1) is 5.56 Å². The van der Waals surface area contributed by atoms with Crippen molar-refractivity contribution in [3.63, 3.8) is 0 Å². The van der Waals surface area contributed by atoms with Crippen LogP contribution in [0.25, 0.3) is 0 Å². The molecule has 0 N–H and O–H groups in total. The lowest BCUT2D eigenvalue weighted by molar-refractivity contribution is 0.0696. The number of carbonyl (C=O) groups excluding carboxylic acids is 1. The Morgan fingerprint density at radius 2 is 2.20 bits per heavy atom. The average Bonchev–Trinajstić information content (AvgIpc) is 2.65. The van der Waals surface area contributed by atoms with Gasteiger partial charge in [-0.05, 0) is 34.7 Å². The molecule has 0 atom stereocenters. The van der Waals surface area contributed by atoms with E-state index in [1.807, 2.05) is 4.90 Å². The van der Waals surface area contributed by atoms with Crippen LogP contribution < -0.4 is 0 Å². The van der Waals surface area contributed by atoms with Crippen LogP contribution in [0.1, 0.15) is 30.1 Å². The molecule has 1 aliphatic heterocycles. The Bertz CT molecular complexity index is 353. The van der Waals surface area contributed by atoms with E-state index in [4.69, 9.17) is 4.42 Å². The van der Waals surface area contributed by atoms with Gasteiger partial charge < -0.3 is 9.32 Å². The second kappa shape index (κ2) is 4.39. The van der Waals surface area contributed by atoms with Gasteiger partial charge in [-0.25, -0.2) is 0 Å². The summed E-state index contributed by atoms with van der Waals surface area (Å²) in [6.45, 7) is 3.96. The number of carbonyl (C=O) groups is 1. The van der Waals surface area contributed by atoms with E-state index in [-0.39, 0.29) is 5.91 Å². The van der Waals surface area contributed by atoms with Crippen molar-refractivity contribution >= 4 is 21.8 Å². The van der Waals surface area contributed by atoms with E-state index in [9.17, 15) is 4.79 Å². The number of halogens is 1. The fourth-order valence-corrected chi connectivity index (χ4v) is 2.16. The molecule has 1 aliphatic rings. The Morgan fingerprint density at radius 1 is 1.53 bits per heavy atom. The van der Waals surface area contributed by atoms with Gasteiger partial charge in [0, 0.05) is 19.2 Å². The molecule has 2 rings (SSSR count). The van der Waals surface area contributed by atoms with Crippen molar-refractivity contribution in [1.29, 1.82) is 0 Å². The molecule has 1 fully saturated rings. The molecule has 0 aromatic carbocycles. The third kappa shape index (κ3) is 2.43. The quantitative estimate of drug-likeness (QED) is 0.787. The van der Waals surface area contributed by atoms with Gasteiger partial charge in [0.2, 0.25) is 0 Å². The summed E-state index contributed by atoms with van der Waals surface area (Å²) in [5.41, 5.74) is 0.636. The van der Waals surface area contributed by atoms with Gasteiger partial charge in [-0.2, -0.15) is 0 Å². The van der Waals surface area contributed by atoms with Gasteiger partial charge in [0.15, 0.2) is 4.67 Å². The van der Waals surface area contributed by atoms with E-state index in [0.717, 1.165) is 31.8 Å². The van der Waals surface area contributed by atoms with Crippen molar-refractivity contribution in [2.24, 2.45) is 5.92 Å².